The van der Waals surface area contributed by atoms with Gasteiger partial charge in [-0.15, -0.1) is 0 Å². The van der Waals surface area contributed by atoms with Crippen LogP contribution in [0.2, 0.25) is 0 Å². The summed E-state index contributed by atoms with van der Waals surface area (Å²) in [5.74, 6) is 0. The summed E-state index contributed by atoms with van der Waals surface area (Å²) >= 11 is 0. The van der Waals surface area contributed by atoms with E-state index >= 15 is 0 Å². The number of benzene rings is 5. The van der Waals surface area contributed by atoms with Crippen molar-refractivity contribution in [3.8, 4) is 0 Å². The van der Waals surface area contributed by atoms with Crippen LogP contribution in [0.1, 0.15) is 5.56 Å². The molecular formula is C28H20N4O. The third-order valence-electron chi connectivity index (χ3n) is 5.87. The number of hydrogen-bond donors (Lipinski definition) is 2. The lowest BCUT2D eigenvalue weighted by atomic mass is 9.99. The van der Waals surface area contributed by atoms with Crippen molar-refractivity contribution in [2.45, 2.75) is 6.54 Å². The maximum absolute atomic E-state index is 12.4. The first-order valence-electron chi connectivity index (χ1n) is 10.9. The monoisotopic (exact) mass is 428 g/mol. The van der Waals surface area contributed by atoms with E-state index in [1.807, 2.05) is 66.7 Å². The molecule has 0 spiro atoms. The molecule has 0 bridgehead atoms. The van der Waals surface area contributed by atoms with Crippen LogP contribution in [0.5, 0.6) is 0 Å². The predicted molar refractivity (Wildman–Crippen MR) is 134 cm³/mol. The summed E-state index contributed by atoms with van der Waals surface area (Å²) in [6.07, 6.45) is 0. The van der Waals surface area contributed by atoms with Crippen molar-refractivity contribution >= 4 is 55.3 Å². The van der Waals surface area contributed by atoms with Crippen molar-refractivity contribution in [1.82, 2.24) is 15.3 Å². The maximum atomic E-state index is 12.4. The number of nitrogens with zero attached hydrogens (tertiary/aromatic N) is 2. The normalized spacial score (nSPS) is 11.3. The Kier molecular flexibility index (Phi) is 4.58. The lowest BCUT2D eigenvalue weighted by Gasteiger charge is -2.11. The molecule has 0 aliphatic carbocycles. The quantitative estimate of drug-likeness (QED) is 0.253. The second-order valence-corrected chi connectivity index (χ2v) is 8.01. The number of anilines is 1. The van der Waals surface area contributed by atoms with Crippen LogP contribution < -0.4 is 10.6 Å². The predicted octanol–water partition coefficient (Wildman–Crippen LogP) is 6.41. The highest BCUT2D eigenvalue weighted by molar-refractivity contribution is 6.23. The topological polar surface area (TPSA) is 66.9 Å². The minimum absolute atomic E-state index is 0.261. The van der Waals surface area contributed by atoms with Crippen LogP contribution in [0.15, 0.2) is 97.1 Å². The van der Waals surface area contributed by atoms with Gasteiger partial charge in [-0.3, -0.25) is 0 Å². The van der Waals surface area contributed by atoms with Crippen LogP contribution in [0, 0.1) is 0 Å². The van der Waals surface area contributed by atoms with Crippen LogP contribution in [0.3, 0.4) is 0 Å². The molecule has 0 saturated carbocycles. The summed E-state index contributed by atoms with van der Waals surface area (Å²) in [7, 11) is 0. The summed E-state index contributed by atoms with van der Waals surface area (Å²) in [4.78, 5) is 22.3. The van der Waals surface area contributed by atoms with Gasteiger partial charge in [-0.05, 0) is 34.5 Å². The van der Waals surface area contributed by atoms with E-state index < -0.39 is 0 Å². The number of aromatic nitrogens is 2. The van der Waals surface area contributed by atoms with Gasteiger partial charge in [0.25, 0.3) is 0 Å². The summed E-state index contributed by atoms with van der Waals surface area (Å²) < 4.78 is 0. The average molecular weight is 428 g/mol. The van der Waals surface area contributed by atoms with Gasteiger partial charge in [0.05, 0.1) is 22.1 Å². The van der Waals surface area contributed by atoms with E-state index in [2.05, 4.69) is 41.0 Å². The zero-order chi connectivity index (χ0) is 22.2. The highest BCUT2D eigenvalue weighted by atomic mass is 16.2. The van der Waals surface area contributed by atoms with E-state index in [9.17, 15) is 4.79 Å². The Morgan fingerprint density at radius 3 is 1.88 bits per heavy atom. The second-order valence-electron chi connectivity index (χ2n) is 8.01. The fourth-order valence-corrected chi connectivity index (χ4v) is 4.31. The minimum Gasteiger partial charge on any atom is -0.334 e. The largest absolute Gasteiger partial charge is 0.334 e. The highest BCUT2D eigenvalue weighted by Gasteiger charge is 2.12. The Morgan fingerprint density at radius 2 is 1.21 bits per heavy atom. The zero-order valence-corrected chi connectivity index (χ0v) is 17.7. The van der Waals surface area contributed by atoms with Crippen LogP contribution in [0.25, 0.3) is 43.6 Å². The Morgan fingerprint density at radius 1 is 0.636 bits per heavy atom. The van der Waals surface area contributed by atoms with E-state index in [1.165, 1.54) is 5.39 Å². The molecular weight excluding hydrogens is 408 g/mol. The smallest absolute Gasteiger partial charge is 0.319 e. The number of carbonyl (C=O) groups excluding carboxylic acids is 1. The van der Waals surface area contributed by atoms with Gasteiger partial charge in [0.1, 0.15) is 0 Å². The molecule has 0 unspecified atom stereocenters. The number of nitrogens with one attached hydrogen (secondary N) is 2. The molecule has 6 rings (SSSR count). The highest BCUT2D eigenvalue weighted by Crippen LogP contribution is 2.34. The standard InChI is InChI=1S/C28H20N4O/c33-28(29-17-18-8-2-1-3-9-18)30-19-14-15-24-25(16-19)32-27-23-13-7-5-11-21(23)20-10-4-6-12-22(20)26(27)31-24/h1-16H,17H2,(H2,29,30,33). The number of carbonyl (C=O) groups is 1. The third kappa shape index (κ3) is 3.49. The van der Waals surface area contributed by atoms with Gasteiger partial charge in [-0.25, -0.2) is 14.8 Å². The van der Waals surface area contributed by atoms with Crippen LogP contribution in [-0.4, -0.2) is 16.0 Å². The van der Waals surface area contributed by atoms with E-state index in [1.54, 1.807) is 0 Å². The first-order valence-corrected chi connectivity index (χ1v) is 10.9. The number of amides is 2. The molecule has 0 saturated heterocycles. The Bertz CT molecular complexity index is 1660. The van der Waals surface area contributed by atoms with Gasteiger partial charge in [-0.2, -0.15) is 0 Å². The van der Waals surface area contributed by atoms with Gasteiger partial charge in [0.15, 0.2) is 0 Å². The molecule has 1 aromatic heterocycles. The molecule has 5 aromatic carbocycles. The van der Waals surface area contributed by atoms with Crippen LogP contribution >= 0.6 is 0 Å². The lowest BCUT2D eigenvalue weighted by molar-refractivity contribution is 0.251. The fraction of sp³-hybridized carbons (Fsp3) is 0.0357. The van der Waals surface area contributed by atoms with Gasteiger partial charge < -0.3 is 10.6 Å². The molecule has 0 aliphatic rings. The fourth-order valence-electron chi connectivity index (χ4n) is 4.31. The van der Waals surface area contributed by atoms with Crippen molar-refractivity contribution in [2.75, 3.05) is 5.32 Å². The van der Waals surface area contributed by atoms with Gasteiger partial charge >= 0.3 is 6.03 Å². The molecule has 0 radical (unpaired) electrons. The van der Waals surface area contributed by atoms with E-state index in [0.29, 0.717) is 12.2 Å². The number of rotatable bonds is 3. The zero-order valence-electron chi connectivity index (χ0n) is 17.7. The second kappa shape index (κ2) is 7.88. The number of fused-ring (bicyclic) bond motifs is 7. The summed E-state index contributed by atoms with van der Waals surface area (Å²) in [5.41, 5.74) is 5.00. The molecule has 0 fully saturated rings. The van der Waals surface area contributed by atoms with Crippen molar-refractivity contribution < 1.29 is 4.79 Å². The third-order valence-corrected chi connectivity index (χ3v) is 5.87. The molecule has 33 heavy (non-hydrogen) atoms. The van der Waals surface area contributed by atoms with Crippen molar-refractivity contribution in [3.63, 3.8) is 0 Å². The van der Waals surface area contributed by atoms with Crippen LogP contribution in [-0.2, 0) is 6.54 Å². The molecule has 0 atom stereocenters. The molecule has 2 amide bonds. The van der Waals surface area contributed by atoms with Gasteiger partial charge in [0.2, 0.25) is 0 Å². The van der Waals surface area contributed by atoms with Crippen molar-refractivity contribution in [3.05, 3.63) is 103 Å². The Balaban J connectivity index is 1.40. The lowest BCUT2D eigenvalue weighted by Crippen LogP contribution is -2.28. The molecule has 5 heteroatoms. The SMILES string of the molecule is O=C(NCc1ccccc1)Nc1ccc2nc3c4ccccc4c4ccccc4c3nc2c1. The van der Waals surface area contributed by atoms with Crippen molar-refractivity contribution in [1.29, 1.82) is 0 Å². The molecule has 158 valence electrons. The van der Waals surface area contributed by atoms with Gasteiger partial charge in [-0.1, -0.05) is 78.9 Å². The van der Waals surface area contributed by atoms with E-state index in [4.69, 9.17) is 9.97 Å². The van der Waals surface area contributed by atoms with E-state index in [0.717, 1.165) is 43.8 Å². The summed E-state index contributed by atoms with van der Waals surface area (Å²) in [6, 6.07) is 31.8. The van der Waals surface area contributed by atoms with Crippen LogP contribution in [0.4, 0.5) is 10.5 Å². The first-order chi connectivity index (χ1) is 16.3. The summed E-state index contributed by atoms with van der Waals surface area (Å²) in [5, 5.41) is 10.3. The molecule has 1 heterocycles. The minimum atomic E-state index is -0.261. The molecule has 0 aliphatic heterocycles. The molecule has 2 N–H and O–H groups in total. The van der Waals surface area contributed by atoms with Gasteiger partial charge in [0, 0.05) is 23.0 Å². The molecule has 6 aromatic rings. The van der Waals surface area contributed by atoms with Crippen molar-refractivity contribution in [2.24, 2.45) is 0 Å². The average Bonchev–Trinajstić information content (AvgIpc) is 2.87. The van der Waals surface area contributed by atoms with E-state index in [-0.39, 0.29) is 6.03 Å². The summed E-state index contributed by atoms with van der Waals surface area (Å²) in [6.45, 7) is 0.462. The molecule has 5 nitrogen and oxygen atoms in total. The Hall–Kier alpha value is -4.51. The number of hydrogen-bond acceptors (Lipinski definition) is 3. The number of urea groups is 1. The first kappa shape index (κ1) is 19.2. The Labute approximate surface area is 190 Å². The maximum Gasteiger partial charge on any atom is 0.319 e.